The first kappa shape index (κ1) is 18.9. The second-order valence-corrected chi connectivity index (χ2v) is 7.93. The number of hydrogen-bond donors (Lipinski definition) is 1. The minimum Gasteiger partial charge on any atom is -0.330 e. The van der Waals surface area contributed by atoms with Gasteiger partial charge in [0.15, 0.2) is 0 Å². The van der Waals surface area contributed by atoms with Gasteiger partial charge in [-0.05, 0) is 37.9 Å². The van der Waals surface area contributed by atoms with Gasteiger partial charge in [-0.2, -0.15) is 0 Å². The van der Waals surface area contributed by atoms with Gasteiger partial charge in [0.25, 0.3) is 5.91 Å². The van der Waals surface area contributed by atoms with E-state index in [1.54, 1.807) is 12.1 Å². The molecular formula is C17H18Cl3N3OS. The van der Waals surface area contributed by atoms with E-state index in [9.17, 15) is 4.79 Å². The molecule has 2 aliphatic rings. The van der Waals surface area contributed by atoms with Crippen LogP contribution in [-0.2, 0) is 0 Å². The molecule has 0 saturated carbocycles. The van der Waals surface area contributed by atoms with Crippen molar-refractivity contribution in [1.29, 1.82) is 0 Å². The van der Waals surface area contributed by atoms with E-state index in [-0.39, 0.29) is 18.3 Å². The van der Waals surface area contributed by atoms with Crippen molar-refractivity contribution in [3.05, 3.63) is 39.3 Å². The molecule has 2 fully saturated rings. The summed E-state index contributed by atoms with van der Waals surface area (Å²) in [6, 6.07) is 6.05. The zero-order valence-electron chi connectivity index (χ0n) is 13.4. The molecule has 1 aromatic heterocycles. The summed E-state index contributed by atoms with van der Waals surface area (Å²) >= 11 is 13.5. The first-order chi connectivity index (χ1) is 11.6. The Morgan fingerprint density at radius 2 is 2.00 bits per heavy atom. The molecular weight excluding hydrogens is 401 g/mol. The quantitative estimate of drug-likeness (QED) is 0.780. The lowest BCUT2D eigenvalue weighted by molar-refractivity contribution is 0.0675. The Morgan fingerprint density at radius 1 is 1.20 bits per heavy atom. The van der Waals surface area contributed by atoms with Gasteiger partial charge in [-0.3, -0.25) is 4.79 Å². The molecule has 1 amide bonds. The lowest BCUT2D eigenvalue weighted by Crippen LogP contribution is -2.42. The number of nitrogens with zero attached hydrogens (tertiary/aromatic N) is 2. The van der Waals surface area contributed by atoms with Crippen LogP contribution in [0.2, 0.25) is 10.0 Å². The van der Waals surface area contributed by atoms with Gasteiger partial charge in [0.2, 0.25) is 0 Å². The smallest absolute Gasteiger partial charge is 0.273 e. The summed E-state index contributed by atoms with van der Waals surface area (Å²) in [4.78, 5) is 19.6. The van der Waals surface area contributed by atoms with E-state index >= 15 is 0 Å². The van der Waals surface area contributed by atoms with Gasteiger partial charge in [-0.15, -0.1) is 23.7 Å². The molecule has 2 atom stereocenters. The first-order valence-electron chi connectivity index (χ1n) is 8.08. The van der Waals surface area contributed by atoms with Crippen molar-refractivity contribution in [2.45, 2.75) is 31.3 Å². The predicted molar refractivity (Wildman–Crippen MR) is 105 cm³/mol. The standard InChI is InChI=1S/C17H17Cl2N3OS.ClH/c18-13-4-1-10(7-14(13)19)16-21-15(9-24-16)17(23)22-11-2-3-12(22)8-20-6-5-11;/h1,4,7,9,11-12,20H,2-3,5-6,8H2;1H. The lowest BCUT2D eigenvalue weighted by Gasteiger charge is -2.27. The number of amides is 1. The first-order valence-corrected chi connectivity index (χ1v) is 9.71. The van der Waals surface area contributed by atoms with Crippen molar-refractivity contribution < 1.29 is 4.79 Å². The number of benzene rings is 1. The number of thiazole rings is 1. The SMILES string of the molecule is Cl.O=C(c1csc(-c2ccc(Cl)c(Cl)c2)n1)N1C2CCNCC1CC2. The minimum atomic E-state index is 0. The van der Waals surface area contributed by atoms with E-state index in [0.717, 1.165) is 42.9 Å². The number of rotatable bonds is 2. The Hall–Kier alpha value is -0.850. The topological polar surface area (TPSA) is 45.2 Å². The number of nitrogens with one attached hydrogen (secondary N) is 1. The Morgan fingerprint density at radius 3 is 2.80 bits per heavy atom. The maximum Gasteiger partial charge on any atom is 0.273 e. The van der Waals surface area contributed by atoms with Gasteiger partial charge in [0.1, 0.15) is 10.7 Å². The van der Waals surface area contributed by atoms with Crippen LogP contribution in [0, 0.1) is 0 Å². The summed E-state index contributed by atoms with van der Waals surface area (Å²) in [7, 11) is 0. The fourth-order valence-corrected chi connectivity index (χ4v) is 4.67. The van der Waals surface area contributed by atoms with E-state index in [4.69, 9.17) is 23.2 Å². The Balaban J connectivity index is 0.00000182. The van der Waals surface area contributed by atoms with Gasteiger partial charge in [-0.1, -0.05) is 29.3 Å². The van der Waals surface area contributed by atoms with Crippen molar-refractivity contribution in [3.8, 4) is 10.6 Å². The molecule has 3 heterocycles. The summed E-state index contributed by atoms with van der Waals surface area (Å²) in [5.41, 5.74) is 1.41. The fraction of sp³-hybridized carbons (Fsp3) is 0.412. The van der Waals surface area contributed by atoms with Gasteiger partial charge in [0.05, 0.1) is 10.0 Å². The van der Waals surface area contributed by atoms with E-state index in [1.165, 1.54) is 11.3 Å². The van der Waals surface area contributed by atoms with Crippen molar-refractivity contribution >= 4 is 52.9 Å². The third-order valence-corrected chi connectivity index (χ3v) is 6.41. The average Bonchev–Trinajstić information content (AvgIpc) is 3.13. The normalized spacial score (nSPS) is 22.4. The van der Waals surface area contributed by atoms with Crippen LogP contribution >= 0.6 is 46.9 Å². The fourth-order valence-electron chi connectivity index (χ4n) is 3.58. The Kier molecular flexibility index (Phi) is 5.91. The Bertz CT molecular complexity index is 768. The van der Waals surface area contributed by atoms with E-state index < -0.39 is 0 Å². The molecule has 4 rings (SSSR count). The summed E-state index contributed by atoms with van der Waals surface area (Å²) in [6.45, 7) is 1.86. The Labute approximate surface area is 166 Å². The average molecular weight is 419 g/mol. The summed E-state index contributed by atoms with van der Waals surface area (Å²) in [6.07, 6.45) is 3.20. The van der Waals surface area contributed by atoms with E-state index in [0.29, 0.717) is 27.8 Å². The third-order valence-electron chi connectivity index (χ3n) is 4.78. The van der Waals surface area contributed by atoms with Gasteiger partial charge < -0.3 is 10.2 Å². The van der Waals surface area contributed by atoms with Crippen LogP contribution in [0.25, 0.3) is 10.6 Å². The van der Waals surface area contributed by atoms with Gasteiger partial charge in [0, 0.05) is 29.6 Å². The zero-order chi connectivity index (χ0) is 16.7. The number of fused-ring (bicyclic) bond motifs is 2. The molecule has 4 nitrogen and oxygen atoms in total. The molecule has 2 aromatic rings. The maximum absolute atomic E-state index is 13.0. The largest absolute Gasteiger partial charge is 0.330 e. The molecule has 1 aromatic carbocycles. The highest BCUT2D eigenvalue weighted by Gasteiger charge is 2.39. The molecule has 8 heteroatoms. The number of hydrogen-bond acceptors (Lipinski definition) is 4. The highest BCUT2D eigenvalue weighted by Crippen LogP contribution is 2.33. The van der Waals surface area contributed by atoms with Gasteiger partial charge >= 0.3 is 0 Å². The minimum absolute atomic E-state index is 0. The molecule has 25 heavy (non-hydrogen) atoms. The summed E-state index contributed by atoms with van der Waals surface area (Å²) in [5, 5.41) is 7.06. The number of aromatic nitrogens is 1. The number of halogens is 3. The van der Waals surface area contributed by atoms with Crippen LogP contribution in [0.1, 0.15) is 29.8 Å². The van der Waals surface area contributed by atoms with Crippen LogP contribution < -0.4 is 5.32 Å². The van der Waals surface area contributed by atoms with E-state index in [2.05, 4.69) is 10.3 Å². The molecule has 0 spiro atoms. The van der Waals surface area contributed by atoms with E-state index in [1.807, 2.05) is 16.3 Å². The number of carbonyl (C=O) groups is 1. The van der Waals surface area contributed by atoms with Crippen LogP contribution in [0.3, 0.4) is 0 Å². The van der Waals surface area contributed by atoms with Crippen LogP contribution in [0.5, 0.6) is 0 Å². The van der Waals surface area contributed by atoms with Crippen molar-refractivity contribution in [1.82, 2.24) is 15.2 Å². The highest BCUT2D eigenvalue weighted by atomic mass is 35.5. The summed E-state index contributed by atoms with van der Waals surface area (Å²) < 4.78 is 0. The maximum atomic E-state index is 13.0. The van der Waals surface area contributed by atoms with Crippen LogP contribution in [-0.4, -0.2) is 41.0 Å². The highest BCUT2D eigenvalue weighted by molar-refractivity contribution is 7.13. The summed E-state index contributed by atoms with van der Waals surface area (Å²) in [5.74, 6) is 0.0498. The molecule has 2 unspecified atom stereocenters. The zero-order valence-corrected chi connectivity index (χ0v) is 16.5. The second kappa shape index (κ2) is 7.80. The number of carbonyl (C=O) groups excluding carboxylic acids is 1. The van der Waals surface area contributed by atoms with Crippen LogP contribution in [0.4, 0.5) is 0 Å². The van der Waals surface area contributed by atoms with Crippen molar-refractivity contribution in [2.75, 3.05) is 13.1 Å². The molecule has 0 radical (unpaired) electrons. The van der Waals surface area contributed by atoms with Crippen molar-refractivity contribution in [2.24, 2.45) is 0 Å². The third kappa shape index (κ3) is 3.67. The monoisotopic (exact) mass is 417 g/mol. The molecule has 0 aliphatic carbocycles. The molecule has 2 saturated heterocycles. The molecule has 2 bridgehead atoms. The predicted octanol–water partition coefficient (Wildman–Crippen LogP) is 4.51. The molecule has 134 valence electrons. The molecule has 1 N–H and O–H groups in total. The lowest BCUT2D eigenvalue weighted by atomic mass is 10.1. The van der Waals surface area contributed by atoms with Gasteiger partial charge in [-0.25, -0.2) is 4.98 Å². The molecule has 2 aliphatic heterocycles. The van der Waals surface area contributed by atoms with Crippen molar-refractivity contribution in [3.63, 3.8) is 0 Å². The van der Waals surface area contributed by atoms with Crippen LogP contribution in [0.15, 0.2) is 23.6 Å². The second-order valence-electron chi connectivity index (χ2n) is 6.26.